The monoisotopic (exact) mass is 649 g/mol. The number of piperazine rings is 1. The van der Waals surface area contributed by atoms with E-state index in [1.165, 1.54) is 7.11 Å². The van der Waals surface area contributed by atoms with E-state index in [4.69, 9.17) is 37.4 Å². The minimum absolute atomic E-state index is 0.0856. The number of fused-ring (bicyclic) bond motifs is 1. The summed E-state index contributed by atoms with van der Waals surface area (Å²) in [6.45, 7) is 5.35. The van der Waals surface area contributed by atoms with Crippen LogP contribution in [0.4, 0.5) is 4.79 Å². The lowest BCUT2D eigenvalue weighted by Gasteiger charge is -2.52. The highest BCUT2D eigenvalue weighted by Crippen LogP contribution is 2.52. The second kappa shape index (κ2) is 13.7. The minimum Gasteiger partial charge on any atom is -0.468 e. The number of halogens is 2. The van der Waals surface area contributed by atoms with Crippen LogP contribution in [0.5, 0.6) is 0 Å². The van der Waals surface area contributed by atoms with E-state index >= 15 is 0 Å². The van der Waals surface area contributed by atoms with Gasteiger partial charge in [0.25, 0.3) is 0 Å². The highest BCUT2D eigenvalue weighted by molar-refractivity contribution is 6.35. The molecule has 3 aliphatic heterocycles. The van der Waals surface area contributed by atoms with Gasteiger partial charge in [-0.05, 0) is 62.8 Å². The Morgan fingerprint density at radius 2 is 1.75 bits per heavy atom. The lowest BCUT2D eigenvalue weighted by molar-refractivity contribution is -0.178. The molecule has 240 valence electrons. The second-order valence-corrected chi connectivity index (χ2v) is 13.0. The number of ether oxygens (including phenoxy) is 3. The number of hydrogen-bond acceptors (Lipinski definition) is 7. The molecule has 44 heavy (non-hydrogen) atoms. The van der Waals surface area contributed by atoms with Crippen LogP contribution in [0.2, 0.25) is 10.0 Å². The van der Waals surface area contributed by atoms with Crippen LogP contribution in [0.3, 0.4) is 0 Å². The van der Waals surface area contributed by atoms with Gasteiger partial charge in [-0.15, -0.1) is 0 Å². The quantitative estimate of drug-likeness (QED) is 0.381. The molecule has 4 aliphatic rings. The molecule has 12 heteroatoms. The summed E-state index contributed by atoms with van der Waals surface area (Å²) < 4.78 is 17.0. The third kappa shape index (κ3) is 6.30. The van der Waals surface area contributed by atoms with Gasteiger partial charge in [-0.3, -0.25) is 14.4 Å². The fraction of sp³-hybridized carbons (Fsp3) is 0.625. The number of rotatable bonds is 7. The van der Waals surface area contributed by atoms with Crippen molar-refractivity contribution in [1.82, 2.24) is 14.7 Å². The van der Waals surface area contributed by atoms with Crippen LogP contribution in [-0.2, 0) is 35.1 Å². The van der Waals surface area contributed by atoms with E-state index in [2.05, 4.69) is 0 Å². The lowest BCUT2D eigenvalue weighted by Crippen LogP contribution is -2.60. The Bertz CT molecular complexity index is 1310. The molecule has 1 aromatic carbocycles. The average molecular weight is 651 g/mol. The summed E-state index contributed by atoms with van der Waals surface area (Å²) in [5.41, 5.74) is -0.0602. The van der Waals surface area contributed by atoms with Crippen LogP contribution in [-0.4, -0.2) is 90.7 Å². The normalized spacial score (nSPS) is 27.6. The van der Waals surface area contributed by atoms with Gasteiger partial charge in [0.15, 0.2) is 0 Å². The first-order valence-corrected chi connectivity index (χ1v) is 16.3. The first kappa shape index (κ1) is 32.6. The Morgan fingerprint density at radius 1 is 1.07 bits per heavy atom. The largest absolute Gasteiger partial charge is 0.468 e. The van der Waals surface area contributed by atoms with E-state index in [1.54, 1.807) is 39.8 Å². The second-order valence-electron chi connectivity index (χ2n) is 12.1. The van der Waals surface area contributed by atoms with Crippen molar-refractivity contribution in [2.24, 2.45) is 17.3 Å². The van der Waals surface area contributed by atoms with Crippen LogP contribution in [0.1, 0.15) is 57.9 Å². The van der Waals surface area contributed by atoms with Gasteiger partial charge in [0.1, 0.15) is 5.41 Å². The van der Waals surface area contributed by atoms with Crippen molar-refractivity contribution in [3.63, 3.8) is 0 Å². The minimum atomic E-state index is -1.29. The standard InChI is InChI=1S/C32H41Cl2N3O7/c1-4-43-31(41)36-13-11-35(12-14-36)28(38)15-23-18-32(30(40)42-3)20(2)44-26(21-7-5-6-8-21)17-27(32)37(29(23)39)19-22-9-10-24(33)16-25(22)34/h9-10,16-17,20-21,23,26H,4-8,11-15,18-19H2,1-3H3/t20-,23+,26-,32+/m1/s1. The van der Waals surface area contributed by atoms with Crippen LogP contribution >= 0.6 is 23.2 Å². The molecular formula is C32H41Cl2N3O7. The molecule has 0 N–H and O–H groups in total. The molecule has 0 bridgehead atoms. The van der Waals surface area contributed by atoms with Crippen LogP contribution < -0.4 is 0 Å². The number of piperidine rings is 1. The van der Waals surface area contributed by atoms with Gasteiger partial charge in [-0.1, -0.05) is 42.1 Å². The van der Waals surface area contributed by atoms with Crippen molar-refractivity contribution in [2.45, 2.75) is 71.1 Å². The molecule has 10 nitrogen and oxygen atoms in total. The van der Waals surface area contributed by atoms with Gasteiger partial charge in [0, 0.05) is 54.3 Å². The van der Waals surface area contributed by atoms with E-state index in [0.717, 1.165) is 25.7 Å². The molecule has 0 radical (unpaired) electrons. The van der Waals surface area contributed by atoms with Crippen LogP contribution in [0, 0.1) is 17.3 Å². The SMILES string of the molecule is CCOC(=O)N1CCN(C(=O)C[C@H]2C[C@@]3(C(=O)OC)C(=C[C@H](C4CCCC4)O[C@@H]3C)N(Cc3ccc(Cl)cc3Cl)C2=O)CC1. The molecule has 2 saturated heterocycles. The van der Waals surface area contributed by atoms with Gasteiger partial charge < -0.3 is 28.9 Å². The third-order valence-corrected chi connectivity index (χ3v) is 10.2. The Morgan fingerprint density at radius 3 is 2.39 bits per heavy atom. The zero-order chi connectivity index (χ0) is 31.6. The average Bonchev–Trinajstić information content (AvgIpc) is 3.55. The van der Waals surface area contributed by atoms with E-state index < -0.39 is 29.5 Å². The van der Waals surface area contributed by atoms with Gasteiger partial charge in [-0.25, -0.2) is 4.79 Å². The topological polar surface area (TPSA) is 106 Å². The summed E-state index contributed by atoms with van der Waals surface area (Å²) in [7, 11) is 1.34. The lowest BCUT2D eigenvalue weighted by atomic mass is 9.66. The first-order valence-electron chi connectivity index (χ1n) is 15.5. The molecular weight excluding hydrogens is 609 g/mol. The number of esters is 1. The van der Waals surface area contributed by atoms with Gasteiger partial charge in [-0.2, -0.15) is 0 Å². The number of carbonyl (C=O) groups is 4. The Kier molecular flexibility index (Phi) is 10.1. The number of benzene rings is 1. The summed E-state index contributed by atoms with van der Waals surface area (Å²) >= 11 is 12.7. The van der Waals surface area contributed by atoms with Crippen LogP contribution in [0.25, 0.3) is 0 Å². The van der Waals surface area contributed by atoms with E-state index in [-0.39, 0.29) is 43.9 Å². The van der Waals surface area contributed by atoms with Crippen molar-refractivity contribution < 1.29 is 33.4 Å². The predicted molar refractivity (Wildman–Crippen MR) is 164 cm³/mol. The number of carbonyl (C=O) groups excluding carboxylic acids is 4. The number of hydrogen-bond donors (Lipinski definition) is 0. The fourth-order valence-corrected chi connectivity index (χ4v) is 7.69. The van der Waals surface area contributed by atoms with E-state index in [0.29, 0.717) is 53.4 Å². The number of amides is 3. The number of nitrogens with zero attached hydrogens (tertiary/aromatic N) is 3. The highest BCUT2D eigenvalue weighted by Gasteiger charge is 2.60. The third-order valence-electron chi connectivity index (χ3n) is 9.65. The van der Waals surface area contributed by atoms with Gasteiger partial charge >= 0.3 is 12.1 Å². The van der Waals surface area contributed by atoms with Crippen molar-refractivity contribution in [3.05, 3.63) is 45.6 Å². The molecule has 5 rings (SSSR count). The molecule has 1 aromatic rings. The summed E-state index contributed by atoms with van der Waals surface area (Å²) in [6, 6.07) is 5.11. The first-order chi connectivity index (χ1) is 21.1. The highest BCUT2D eigenvalue weighted by atomic mass is 35.5. The summed E-state index contributed by atoms with van der Waals surface area (Å²) in [5.74, 6) is -1.47. The fourth-order valence-electron chi connectivity index (χ4n) is 7.23. The Labute approximate surface area is 268 Å². The van der Waals surface area contributed by atoms with Crippen molar-refractivity contribution in [3.8, 4) is 0 Å². The number of methoxy groups -OCH3 is 1. The van der Waals surface area contributed by atoms with Crippen LogP contribution in [0.15, 0.2) is 30.0 Å². The smallest absolute Gasteiger partial charge is 0.409 e. The molecule has 0 aromatic heterocycles. The molecule has 0 unspecified atom stereocenters. The summed E-state index contributed by atoms with van der Waals surface area (Å²) in [6.07, 6.45) is 4.97. The molecule has 3 amide bonds. The maximum atomic E-state index is 14.4. The Balaban J connectivity index is 1.46. The molecule has 3 fully saturated rings. The molecule has 0 spiro atoms. The predicted octanol–water partition coefficient (Wildman–Crippen LogP) is 5.05. The summed E-state index contributed by atoms with van der Waals surface area (Å²) in [4.78, 5) is 58.8. The molecule has 4 atom stereocenters. The maximum absolute atomic E-state index is 14.4. The van der Waals surface area contributed by atoms with Crippen molar-refractivity contribution in [1.29, 1.82) is 0 Å². The molecule has 1 saturated carbocycles. The number of likely N-dealkylation sites (tertiary alicyclic amines) is 1. The van der Waals surface area contributed by atoms with Gasteiger partial charge in [0.05, 0.1) is 32.5 Å². The zero-order valence-corrected chi connectivity index (χ0v) is 27.1. The van der Waals surface area contributed by atoms with Gasteiger partial charge in [0.2, 0.25) is 11.8 Å². The zero-order valence-electron chi connectivity index (χ0n) is 25.6. The van der Waals surface area contributed by atoms with Crippen molar-refractivity contribution >= 4 is 47.1 Å². The molecule has 1 aliphatic carbocycles. The van der Waals surface area contributed by atoms with E-state index in [1.807, 2.05) is 13.0 Å². The van der Waals surface area contributed by atoms with Crippen molar-refractivity contribution in [2.75, 3.05) is 39.9 Å². The molecule has 3 heterocycles. The van der Waals surface area contributed by atoms with E-state index in [9.17, 15) is 19.2 Å². The maximum Gasteiger partial charge on any atom is 0.409 e. The summed E-state index contributed by atoms with van der Waals surface area (Å²) in [5, 5.41) is 0.874. The Hall–Kier alpha value is -2.82.